The lowest BCUT2D eigenvalue weighted by molar-refractivity contribution is 1.18. The van der Waals surface area contributed by atoms with Gasteiger partial charge >= 0.3 is 0 Å². The molecular weight excluding hydrogens is 753 g/mol. The summed E-state index contributed by atoms with van der Waals surface area (Å²) in [7, 11) is 0. The number of nitrogens with zero attached hydrogens (tertiary/aromatic N) is 4. The molecule has 3 aromatic heterocycles. The molecule has 0 radical (unpaired) electrons. The number of fused-ring (bicyclic) bond motifs is 12. The lowest BCUT2D eigenvalue weighted by atomic mass is 10.00. The van der Waals surface area contributed by atoms with Gasteiger partial charge in [-0.15, -0.1) is 0 Å². The molecule has 13 aromatic rings. The number of aromatic nitrogens is 4. The van der Waals surface area contributed by atoms with Crippen LogP contribution in [0.1, 0.15) is 0 Å². The van der Waals surface area contributed by atoms with Crippen LogP contribution < -0.4 is 0 Å². The maximum absolute atomic E-state index is 5.18. The summed E-state index contributed by atoms with van der Waals surface area (Å²) in [6.07, 6.45) is 0. The van der Waals surface area contributed by atoms with Gasteiger partial charge < -0.3 is 9.13 Å². The molecular formula is C58H34N4. The van der Waals surface area contributed by atoms with Gasteiger partial charge in [0.25, 0.3) is 0 Å². The van der Waals surface area contributed by atoms with E-state index in [1.165, 1.54) is 87.6 Å². The highest BCUT2D eigenvalue weighted by atomic mass is 15.0. The van der Waals surface area contributed by atoms with Gasteiger partial charge in [-0.05, 0) is 105 Å². The summed E-state index contributed by atoms with van der Waals surface area (Å²) >= 11 is 0. The van der Waals surface area contributed by atoms with Gasteiger partial charge in [-0.3, -0.25) is 0 Å². The van der Waals surface area contributed by atoms with Gasteiger partial charge in [0, 0.05) is 54.8 Å². The zero-order valence-corrected chi connectivity index (χ0v) is 33.4. The van der Waals surface area contributed by atoms with E-state index in [1.54, 1.807) is 0 Å². The van der Waals surface area contributed by atoms with E-state index in [-0.39, 0.29) is 0 Å². The predicted molar refractivity (Wildman–Crippen MR) is 259 cm³/mol. The summed E-state index contributed by atoms with van der Waals surface area (Å²) in [6.45, 7) is 0. The smallest absolute Gasteiger partial charge is 0.160 e. The molecule has 1 aliphatic rings. The molecule has 0 aliphatic heterocycles. The molecule has 0 saturated carbocycles. The third-order valence-corrected chi connectivity index (χ3v) is 13.2. The van der Waals surface area contributed by atoms with Crippen molar-refractivity contribution in [2.24, 2.45) is 0 Å². The lowest BCUT2D eigenvalue weighted by Crippen LogP contribution is -1.95. The van der Waals surface area contributed by atoms with Gasteiger partial charge in [0.05, 0.1) is 33.3 Å². The fraction of sp³-hybridized carbons (Fsp3) is 0. The van der Waals surface area contributed by atoms with E-state index in [0.717, 1.165) is 44.7 Å². The molecule has 0 amide bonds. The second-order valence-electron chi connectivity index (χ2n) is 16.6. The quantitative estimate of drug-likeness (QED) is 0.178. The van der Waals surface area contributed by atoms with Gasteiger partial charge in [-0.2, -0.15) is 0 Å². The minimum atomic E-state index is 0.750. The Balaban J connectivity index is 0.882. The van der Waals surface area contributed by atoms with Crippen molar-refractivity contribution in [3.8, 4) is 56.3 Å². The van der Waals surface area contributed by atoms with Crippen LogP contribution in [0.5, 0.6) is 0 Å². The van der Waals surface area contributed by atoms with Crippen LogP contribution in [0.4, 0.5) is 0 Å². The highest BCUT2D eigenvalue weighted by Gasteiger charge is 2.24. The molecule has 0 fully saturated rings. The lowest BCUT2D eigenvalue weighted by Gasteiger charge is -2.11. The van der Waals surface area contributed by atoms with Gasteiger partial charge in [0.2, 0.25) is 0 Å². The van der Waals surface area contributed by atoms with E-state index >= 15 is 0 Å². The highest BCUT2D eigenvalue weighted by Crippen LogP contribution is 2.46. The number of para-hydroxylation sites is 2. The summed E-state index contributed by atoms with van der Waals surface area (Å²) in [5.74, 6) is 0.750. The monoisotopic (exact) mass is 786 g/mol. The third kappa shape index (κ3) is 4.72. The van der Waals surface area contributed by atoms with Crippen LogP contribution >= 0.6 is 0 Å². The number of hydrogen-bond donors (Lipinski definition) is 0. The summed E-state index contributed by atoms with van der Waals surface area (Å²) in [6, 6.07) is 75.1. The Morgan fingerprint density at radius 3 is 1.84 bits per heavy atom. The van der Waals surface area contributed by atoms with E-state index in [0.29, 0.717) is 0 Å². The molecule has 0 saturated heterocycles. The van der Waals surface area contributed by atoms with Crippen LogP contribution in [0.3, 0.4) is 0 Å². The van der Waals surface area contributed by atoms with Crippen molar-refractivity contribution in [1.29, 1.82) is 0 Å². The molecule has 10 aromatic carbocycles. The van der Waals surface area contributed by atoms with Gasteiger partial charge in [0.1, 0.15) is 0 Å². The molecule has 0 bridgehead atoms. The second-order valence-corrected chi connectivity index (χ2v) is 16.6. The Labute approximate surface area is 356 Å². The first kappa shape index (κ1) is 33.5. The average Bonchev–Trinajstić information content (AvgIpc) is 3.97. The molecule has 4 nitrogen and oxygen atoms in total. The summed E-state index contributed by atoms with van der Waals surface area (Å²) in [4.78, 5) is 10.3. The predicted octanol–water partition coefficient (Wildman–Crippen LogP) is 15.1. The molecule has 4 heteroatoms. The first-order chi connectivity index (χ1) is 30.7. The van der Waals surface area contributed by atoms with Gasteiger partial charge in [-0.25, -0.2) is 9.97 Å². The molecule has 3 heterocycles. The first-order valence-corrected chi connectivity index (χ1v) is 21.2. The molecule has 62 heavy (non-hydrogen) atoms. The Hall–Kier alpha value is -8.34. The molecule has 0 spiro atoms. The third-order valence-electron chi connectivity index (χ3n) is 13.2. The van der Waals surface area contributed by atoms with Crippen LogP contribution in [0, 0.1) is 0 Å². The fourth-order valence-electron chi connectivity index (χ4n) is 10.4. The van der Waals surface area contributed by atoms with E-state index in [2.05, 4.69) is 215 Å². The molecule has 0 N–H and O–H groups in total. The molecule has 14 rings (SSSR count). The van der Waals surface area contributed by atoms with E-state index in [1.807, 2.05) is 0 Å². The standard InChI is InChI=1S/C58H34N4/c1-2-12-41(13-3-1)62-54-30-26-39(34-50(54)48-28-24-35-11-4-5-14-43(35)57(48)62)38-25-29-53-49(33-38)45-16-8-9-20-52(45)61(53)42-27-23-36-31-40(22-21-37(36)32-42)58-59-51-19-10-18-46-44-15-6-7-17-47(44)56(60-58)55(46)51/h1-34H. The number of benzene rings is 10. The van der Waals surface area contributed by atoms with Crippen molar-refractivity contribution in [3.63, 3.8) is 0 Å². The zero-order chi connectivity index (χ0) is 40.5. The second kappa shape index (κ2) is 12.6. The SMILES string of the molecule is c1ccc(-n2c3ccc(-c4ccc5c(c4)c4ccccc4n5-c4ccc5cc(-c6nc7c8c(cccc8n6)-c6ccccc6-7)ccc5c4)cc3c3ccc4ccccc4c32)cc1. The van der Waals surface area contributed by atoms with Gasteiger partial charge in [0.15, 0.2) is 5.82 Å². The van der Waals surface area contributed by atoms with Crippen LogP contribution in [0.25, 0.3) is 132 Å². The largest absolute Gasteiger partial charge is 0.309 e. The van der Waals surface area contributed by atoms with Crippen molar-refractivity contribution in [1.82, 2.24) is 19.1 Å². The number of rotatable bonds is 4. The average molecular weight is 787 g/mol. The van der Waals surface area contributed by atoms with Crippen molar-refractivity contribution < 1.29 is 0 Å². The topological polar surface area (TPSA) is 35.6 Å². The molecule has 1 aliphatic carbocycles. The van der Waals surface area contributed by atoms with E-state index < -0.39 is 0 Å². The van der Waals surface area contributed by atoms with Crippen LogP contribution in [-0.2, 0) is 0 Å². The fourth-order valence-corrected chi connectivity index (χ4v) is 10.4. The van der Waals surface area contributed by atoms with Crippen molar-refractivity contribution >= 4 is 76.1 Å². The summed E-state index contributed by atoms with van der Waals surface area (Å²) < 4.78 is 4.84. The molecule has 0 unspecified atom stereocenters. The normalized spacial score (nSPS) is 12.2. The highest BCUT2D eigenvalue weighted by molar-refractivity contribution is 6.20. The van der Waals surface area contributed by atoms with Crippen LogP contribution in [0.15, 0.2) is 206 Å². The minimum Gasteiger partial charge on any atom is -0.309 e. The zero-order valence-electron chi connectivity index (χ0n) is 33.4. The van der Waals surface area contributed by atoms with E-state index in [9.17, 15) is 0 Å². The van der Waals surface area contributed by atoms with E-state index in [4.69, 9.17) is 9.97 Å². The molecule has 286 valence electrons. The van der Waals surface area contributed by atoms with Crippen LogP contribution in [-0.4, -0.2) is 19.1 Å². The van der Waals surface area contributed by atoms with Crippen LogP contribution in [0.2, 0.25) is 0 Å². The first-order valence-electron chi connectivity index (χ1n) is 21.2. The summed E-state index contributed by atoms with van der Waals surface area (Å²) in [5, 5.41) is 10.9. The maximum Gasteiger partial charge on any atom is 0.160 e. The Morgan fingerprint density at radius 2 is 0.968 bits per heavy atom. The minimum absolute atomic E-state index is 0.750. The Morgan fingerprint density at radius 1 is 0.323 bits per heavy atom. The Kier molecular flexibility index (Phi) is 6.80. The van der Waals surface area contributed by atoms with Crippen molar-refractivity contribution in [2.45, 2.75) is 0 Å². The Bertz CT molecular complexity index is 4040. The van der Waals surface area contributed by atoms with Crippen molar-refractivity contribution in [3.05, 3.63) is 206 Å². The number of hydrogen-bond acceptors (Lipinski definition) is 2. The van der Waals surface area contributed by atoms with Gasteiger partial charge in [-0.1, -0.05) is 140 Å². The summed E-state index contributed by atoms with van der Waals surface area (Å²) in [5.41, 5.74) is 16.1. The molecule has 0 atom stereocenters. The maximum atomic E-state index is 5.18. The van der Waals surface area contributed by atoms with Crippen molar-refractivity contribution in [2.75, 3.05) is 0 Å².